The van der Waals surface area contributed by atoms with Crippen molar-refractivity contribution in [3.05, 3.63) is 51.7 Å². The molecule has 3 heterocycles. The minimum absolute atomic E-state index is 0.0199. The lowest BCUT2D eigenvalue weighted by Crippen LogP contribution is -2.34. The van der Waals surface area contributed by atoms with Crippen LogP contribution < -0.4 is 5.56 Å². The highest BCUT2D eigenvalue weighted by Crippen LogP contribution is 2.28. The number of aromatic nitrogens is 3. The van der Waals surface area contributed by atoms with Crippen LogP contribution in [0.25, 0.3) is 22.2 Å². The number of nitrogens with one attached hydrogen (secondary N) is 1. The monoisotopic (exact) mass is 370 g/mol. The Hall–Kier alpha value is -2.60. The predicted molar refractivity (Wildman–Crippen MR) is 101 cm³/mol. The number of fused-ring (bicyclic) bond motifs is 1. The van der Waals surface area contributed by atoms with E-state index in [-0.39, 0.29) is 18.0 Å². The van der Waals surface area contributed by atoms with Gasteiger partial charge in [0.2, 0.25) is 5.91 Å². The molecular formula is C19H19ClN4O2. The summed E-state index contributed by atoms with van der Waals surface area (Å²) in [6.45, 7) is 3.48. The highest BCUT2D eigenvalue weighted by atomic mass is 35.5. The highest BCUT2D eigenvalue weighted by Gasteiger charge is 2.20. The maximum Gasteiger partial charge on any atom is 0.263 e. The fraction of sp³-hybridized carbons (Fsp3) is 0.316. The summed E-state index contributed by atoms with van der Waals surface area (Å²) in [5.74, 6) is -0.0369. The lowest BCUT2D eigenvalue weighted by atomic mass is 10.0. The summed E-state index contributed by atoms with van der Waals surface area (Å²) in [6, 6.07) is 5.64. The lowest BCUT2D eigenvalue weighted by molar-refractivity contribution is -0.130. The van der Waals surface area contributed by atoms with Crippen LogP contribution in [0.4, 0.5) is 0 Å². The molecule has 1 aliphatic rings. The van der Waals surface area contributed by atoms with E-state index in [0.717, 1.165) is 42.6 Å². The number of hydrogen-bond acceptors (Lipinski definition) is 3. The van der Waals surface area contributed by atoms with Gasteiger partial charge >= 0.3 is 0 Å². The first-order valence-corrected chi connectivity index (χ1v) is 9.03. The van der Waals surface area contributed by atoms with Crippen molar-refractivity contribution in [2.75, 3.05) is 13.1 Å². The first-order chi connectivity index (χ1) is 12.5. The second kappa shape index (κ2) is 6.61. The first kappa shape index (κ1) is 16.8. The number of carbonyl (C=O) groups excluding carboxylic acids is 1. The fourth-order valence-corrected chi connectivity index (χ4v) is 3.54. The Balaban J connectivity index is 1.75. The van der Waals surface area contributed by atoms with Crippen LogP contribution in [0.1, 0.15) is 18.4 Å². The van der Waals surface area contributed by atoms with Gasteiger partial charge in [0, 0.05) is 29.9 Å². The number of benzene rings is 1. The molecule has 1 saturated heterocycles. The molecule has 1 amide bonds. The van der Waals surface area contributed by atoms with Crippen molar-refractivity contribution in [1.29, 1.82) is 0 Å². The molecule has 0 radical (unpaired) electrons. The molecule has 3 aromatic rings. The van der Waals surface area contributed by atoms with Crippen molar-refractivity contribution < 1.29 is 4.79 Å². The Morgan fingerprint density at radius 2 is 2.08 bits per heavy atom. The number of aromatic amines is 1. The Morgan fingerprint density at radius 1 is 1.31 bits per heavy atom. The lowest BCUT2D eigenvalue weighted by Gasteiger charge is -2.15. The van der Waals surface area contributed by atoms with Crippen molar-refractivity contribution in [3.8, 4) is 11.1 Å². The van der Waals surface area contributed by atoms with Gasteiger partial charge in [-0.05, 0) is 43.0 Å². The summed E-state index contributed by atoms with van der Waals surface area (Å²) in [5.41, 5.74) is 2.89. The van der Waals surface area contributed by atoms with Gasteiger partial charge < -0.3 is 9.88 Å². The minimum Gasteiger partial charge on any atom is -0.345 e. The number of aryl methyl sites for hydroxylation is 1. The van der Waals surface area contributed by atoms with Gasteiger partial charge in [0.1, 0.15) is 18.5 Å². The van der Waals surface area contributed by atoms with E-state index in [1.807, 2.05) is 25.1 Å². The topological polar surface area (TPSA) is 71.0 Å². The quantitative estimate of drug-likeness (QED) is 0.770. The summed E-state index contributed by atoms with van der Waals surface area (Å²) in [7, 11) is 0. The molecular weight excluding hydrogens is 352 g/mol. The Bertz CT molecular complexity index is 1050. The number of amides is 1. The molecule has 134 valence electrons. The van der Waals surface area contributed by atoms with E-state index in [4.69, 9.17) is 11.6 Å². The second-order valence-electron chi connectivity index (χ2n) is 6.66. The van der Waals surface area contributed by atoms with Crippen LogP contribution in [0, 0.1) is 6.92 Å². The molecule has 0 bridgehead atoms. The SMILES string of the molecule is Cc1cc(-c2c[nH]c3ncn(CC(=O)N4CCCC4)c(=O)c23)ccc1Cl. The van der Waals surface area contributed by atoms with Crippen molar-refractivity contribution in [3.63, 3.8) is 0 Å². The summed E-state index contributed by atoms with van der Waals surface area (Å²) < 4.78 is 1.39. The third kappa shape index (κ3) is 2.90. The molecule has 7 heteroatoms. The van der Waals surface area contributed by atoms with Crippen molar-refractivity contribution in [2.45, 2.75) is 26.3 Å². The molecule has 2 aromatic heterocycles. The summed E-state index contributed by atoms with van der Waals surface area (Å²) >= 11 is 6.11. The zero-order valence-electron chi connectivity index (χ0n) is 14.5. The van der Waals surface area contributed by atoms with Gasteiger partial charge in [0.05, 0.1) is 5.39 Å². The minimum atomic E-state index is -0.216. The van der Waals surface area contributed by atoms with Crippen molar-refractivity contribution in [1.82, 2.24) is 19.4 Å². The van der Waals surface area contributed by atoms with E-state index in [2.05, 4.69) is 9.97 Å². The van der Waals surface area contributed by atoms with Crippen LogP contribution in [0.15, 0.2) is 35.5 Å². The zero-order chi connectivity index (χ0) is 18.3. The van der Waals surface area contributed by atoms with E-state index in [9.17, 15) is 9.59 Å². The Kier molecular flexibility index (Phi) is 4.28. The van der Waals surface area contributed by atoms with Crippen LogP contribution in [-0.4, -0.2) is 38.4 Å². The maximum atomic E-state index is 13.0. The maximum absolute atomic E-state index is 13.0. The van der Waals surface area contributed by atoms with E-state index < -0.39 is 0 Å². The van der Waals surface area contributed by atoms with Gasteiger partial charge in [-0.2, -0.15) is 0 Å². The van der Waals surface area contributed by atoms with Gasteiger partial charge in [-0.15, -0.1) is 0 Å². The van der Waals surface area contributed by atoms with Crippen LogP contribution in [-0.2, 0) is 11.3 Å². The van der Waals surface area contributed by atoms with Gasteiger partial charge in [0.15, 0.2) is 0 Å². The molecule has 26 heavy (non-hydrogen) atoms. The number of hydrogen-bond donors (Lipinski definition) is 1. The number of rotatable bonds is 3. The standard InChI is InChI=1S/C19H19ClN4O2/c1-12-8-13(4-5-15(12)20)14-9-21-18-17(14)19(26)24(11-22-18)10-16(25)23-6-2-3-7-23/h4-5,8-9,11,21H,2-3,6-7,10H2,1H3. The summed E-state index contributed by atoms with van der Waals surface area (Å²) in [5, 5.41) is 1.17. The molecule has 1 aliphatic heterocycles. The molecule has 4 rings (SSSR count). The highest BCUT2D eigenvalue weighted by molar-refractivity contribution is 6.31. The molecule has 0 atom stereocenters. The van der Waals surface area contributed by atoms with Crippen molar-refractivity contribution >= 4 is 28.5 Å². The summed E-state index contributed by atoms with van der Waals surface area (Å²) in [6.07, 6.45) is 5.26. The molecule has 1 aromatic carbocycles. The number of carbonyl (C=O) groups is 1. The van der Waals surface area contributed by atoms with Gasteiger partial charge in [0.25, 0.3) is 5.56 Å². The van der Waals surface area contributed by atoms with E-state index >= 15 is 0 Å². The van der Waals surface area contributed by atoms with Crippen LogP contribution in [0.2, 0.25) is 5.02 Å². The van der Waals surface area contributed by atoms with E-state index in [1.165, 1.54) is 10.9 Å². The van der Waals surface area contributed by atoms with Crippen molar-refractivity contribution in [2.24, 2.45) is 0 Å². The number of likely N-dealkylation sites (tertiary alicyclic amines) is 1. The molecule has 1 N–H and O–H groups in total. The second-order valence-corrected chi connectivity index (χ2v) is 7.06. The third-order valence-corrected chi connectivity index (χ3v) is 5.32. The van der Waals surface area contributed by atoms with E-state index in [1.54, 1.807) is 11.1 Å². The number of H-pyrrole nitrogens is 1. The Morgan fingerprint density at radius 3 is 2.81 bits per heavy atom. The number of halogens is 1. The van der Waals surface area contributed by atoms with Crippen LogP contribution in [0.3, 0.4) is 0 Å². The molecule has 0 unspecified atom stereocenters. The van der Waals surface area contributed by atoms with E-state index in [0.29, 0.717) is 16.1 Å². The van der Waals surface area contributed by atoms with Gasteiger partial charge in [-0.25, -0.2) is 4.98 Å². The molecule has 6 nitrogen and oxygen atoms in total. The molecule has 0 spiro atoms. The van der Waals surface area contributed by atoms with Crippen LogP contribution in [0.5, 0.6) is 0 Å². The third-order valence-electron chi connectivity index (χ3n) is 4.89. The zero-order valence-corrected chi connectivity index (χ0v) is 15.2. The average molecular weight is 371 g/mol. The van der Waals surface area contributed by atoms with Crippen LogP contribution >= 0.6 is 11.6 Å². The smallest absolute Gasteiger partial charge is 0.263 e. The Labute approximate surface area is 155 Å². The van der Waals surface area contributed by atoms with Gasteiger partial charge in [-0.1, -0.05) is 17.7 Å². The largest absolute Gasteiger partial charge is 0.345 e. The van der Waals surface area contributed by atoms with Gasteiger partial charge in [-0.3, -0.25) is 14.2 Å². The molecule has 1 fully saturated rings. The predicted octanol–water partition coefficient (Wildman–Crippen LogP) is 2.98. The fourth-order valence-electron chi connectivity index (χ4n) is 3.42. The first-order valence-electron chi connectivity index (χ1n) is 8.65. The normalized spacial score (nSPS) is 14.3. The molecule has 0 saturated carbocycles. The number of nitrogens with zero attached hydrogens (tertiary/aromatic N) is 3. The molecule has 0 aliphatic carbocycles. The summed E-state index contributed by atoms with van der Waals surface area (Å²) in [4.78, 5) is 34.6. The average Bonchev–Trinajstić information content (AvgIpc) is 3.29.